The van der Waals surface area contributed by atoms with Crippen molar-refractivity contribution >= 4 is 33.2 Å². The van der Waals surface area contributed by atoms with Gasteiger partial charge >= 0.3 is 0 Å². The standard InChI is InChI=1S/C24H31ClFN3O3S/c1-3-23(29(33(2,31)32)20-11-12-22(26)21(25)15-20)24(30)27-16-18-7-9-19(10-8-18)17-28-13-5-4-6-14-28/h7-12,15,23H,3-6,13-14,16-17H2,1-2H3,(H,27,30)/t23-/m0/s1. The monoisotopic (exact) mass is 495 g/mol. The zero-order valence-corrected chi connectivity index (χ0v) is 20.6. The number of halogens is 2. The van der Waals surface area contributed by atoms with Crippen LogP contribution in [-0.4, -0.2) is 44.6 Å². The lowest BCUT2D eigenvalue weighted by Crippen LogP contribution is -2.49. The van der Waals surface area contributed by atoms with Crippen molar-refractivity contribution in [2.24, 2.45) is 0 Å². The third kappa shape index (κ3) is 6.91. The van der Waals surface area contributed by atoms with Crippen molar-refractivity contribution in [2.45, 2.75) is 51.7 Å². The minimum atomic E-state index is -3.82. The molecule has 0 saturated carbocycles. The number of carbonyl (C=O) groups excluding carboxylic acids is 1. The summed E-state index contributed by atoms with van der Waals surface area (Å²) in [6.45, 7) is 5.19. The van der Waals surface area contributed by atoms with Gasteiger partial charge in [0.15, 0.2) is 0 Å². The SMILES string of the molecule is CC[C@@H](C(=O)NCc1ccc(CN2CCCCC2)cc1)N(c1ccc(F)c(Cl)c1)S(C)(=O)=O. The normalized spacial score (nSPS) is 15.8. The fourth-order valence-electron chi connectivity index (χ4n) is 4.13. The van der Waals surface area contributed by atoms with E-state index in [4.69, 9.17) is 11.6 Å². The van der Waals surface area contributed by atoms with Crippen LogP contribution in [0.4, 0.5) is 10.1 Å². The minimum Gasteiger partial charge on any atom is -0.350 e. The topological polar surface area (TPSA) is 69.7 Å². The highest BCUT2D eigenvalue weighted by atomic mass is 35.5. The van der Waals surface area contributed by atoms with E-state index in [9.17, 15) is 17.6 Å². The quantitative estimate of drug-likeness (QED) is 0.562. The smallest absolute Gasteiger partial charge is 0.244 e. The molecule has 1 aliphatic heterocycles. The summed E-state index contributed by atoms with van der Waals surface area (Å²) < 4.78 is 39.6. The zero-order chi connectivity index (χ0) is 24.0. The number of likely N-dealkylation sites (tertiary alicyclic amines) is 1. The molecular formula is C24H31ClFN3O3S. The summed E-state index contributed by atoms with van der Waals surface area (Å²) in [6.07, 6.45) is 5.05. The van der Waals surface area contributed by atoms with E-state index in [1.54, 1.807) is 6.92 Å². The highest BCUT2D eigenvalue weighted by Crippen LogP contribution is 2.27. The number of amides is 1. The molecule has 0 unspecified atom stereocenters. The van der Waals surface area contributed by atoms with E-state index in [0.717, 1.165) is 41.8 Å². The van der Waals surface area contributed by atoms with E-state index >= 15 is 0 Å². The molecule has 6 nitrogen and oxygen atoms in total. The first-order chi connectivity index (χ1) is 15.7. The van der Waals surface area contributed by atoms with Crippen LogP contribution in [0.2, 0.25) is 5.02 Å². The van der Waals surface area contributed by atoms with E-state index < -0.39 is 27.8 Å². The second-order valence-electron chi connectivity index (χ2n) is 8.45. The Kier molecular flexibility index (Phi) is 8.73. The Hall–Kier alpha value is -2.16. The predicted octanol–water partition coefficient (Wildman–Crippen LogP) is 4.33. The molecule has 1 saturated heterocycles. The molecule has 0 aliphatic carbocycles. The summed E-state index contributed by atoms with van der Waals surface area (Å²) in [5.41, 5.74) is 2.30. The van der Waals surface area contributed by atoms with Crippen LogP contribution in [0.15, 0.2) is 42.5 Å². The highest BCUT2D eigenvalue weighted by Gasteiger charge is 2.31. The Balaban J connectivity index is 1.67. The Labute approximate surface area is 200 Å². The van der Waals surface area contributed by atoms with Crippen molar-refractivity contribution in [1.29, 1.82) is 0 Å². The Morgan fingerprint density at radius 3 is 2.33 bits per heavy atom. The van der Waals surface area contributed by atoms with Crippen molar-refractivity contribution in [2.75, 3.05) is 23.7 Å². The number of piperidine rings is 1. The van der Waals surface area contributed by atoms with Gasteiger partial charge in [-0.15, -0.1) is 0 Å². The maximum atomic E-state index is 13.6. The van der Waals surface area contributed by atoms with Gasteiger partial charge in [-0.2, -0.15) is 0 Å². The molecule has 9 heteroatoms. The van der Waals surface area contributed by atoms with E-state index in [0.29, 0.717) is 0 Å². The number of benzene rings is 2. The summed E-state index contributed by atoms with van der Waals surface area (Å²) in [7, 11) is -3.82. The fraction of sp³-hybridized carbons (Fsp3) is 0.458. The Bertz CT molecular complexity index is 1060. The van der Waals surface area contributed by atoms with Gasteiger partial charge in [0.05, 0.1) is 17.0 Å². The number of rotatable bonds is 9. The molecule has 1 atom stereocenters. The number of nitrogens with zero attached hydrogens (tertiary/aromatic N) is 2. The molecule has 0 aromatic heterocycles. The average Bonchev–Trinajstić information content (AvgIpc) is 2.78. The van der Waals surface area contributed by atoms with Crippen LogP contribution in [0.3, 0.4) is 0 Å². The summed E-state index contributed by atoms with van der Waals surface area (Å²) in [5, 5.41) is 2.63. The lowest BCUT2D eigenvalue weighted by molar-refractivity contribution is -0.122. The third-order valence-electron chi connectivity index (χ3n) is 5.83. The molecule has 0 radical (unpaired) electrons. The van der Waals surface area contributed by atoms with Crippen LogP contribution in [-0.2, 0) is 27.9 Å². The summed E-state index contributed by atoms with van der Waals surface area (Å²) in [5.74, 6) is -1.09. The van der Waals surface area contributed by atoms with Crippen LogP contribution in [0.25, 0.3) is 0 Å². The Morgan fingerprint density at radius 1 is 1.12 bits per heavy atom. The molecule has 1 heterocycles. The van der Waals surface area contributed by atoms with Crippen LogP contribution < -0.4 is 9.62 Å². The second-order valence-corrected chi connectivity index (χ2v) is 10.7. The summed E-state index contributed by atoms with van der Waals surface area (Å²) in [6, 6.07) is 10.7. The first-order valence-corrected chi connectivity index (χ1v) is 13.4. The lowest BCUT2D eigenvalue weighted by Gasteiger charge is -2.30. The van der Waals surface area contributed by atoms with Gasteiger partial charge in [-0.3, -0.25) is 14.0 Å². The molecular weight excluding hydrogens is 465 g/mol. The molecule has 1 N–H and O–H groups in total. The molecule has 2 aromatic rings. The van der Waals surface area contributed by atoms with Crippen molar-refractivity contribution in [1.82, 2.24) is 10.2 Å². The van der Waals surface area contributed by atoms with E-state index in [2.05, 4.69) is 22.3 Å². The van der Waals surface area contributed by atoms with Crippen LogP contribution in [0, 0.1) is 5.82 Å². The average molecular weight is 496 g/mol. The van der Waals surface area contributed by atoms with E-state index in [-0.39, 0.29) is 23.7 Å². The van der Waals surface area contributed by atoms with Crippen LogP contribution >= 0.6 is 11.6 Å². The van der Waals surface area contributed by atoms with Gasteiger partial charge in [-0.05, 0) is 61.7 Å². The maximum absolute atomic E-state index is 13.6. The molecule has 1 amide bonds. The molecule has 2 aromatic carbocycles. The molecule has 0 bridgehead atoms. The van der Waals surface area contributed by atoms with Gasteiger partial charge in [0.1, 0.15) is 11.9 Å². The zero-order valence-electron chi connectivity index (χ0n) is 19.1. The fourth-order valence-corrected chi connectivity index (χ4v) is 5.51. The van der Waals surface area contributed by atoms with Gasteiger partial charge in [-0.1, -0.05) is 49.2 Å². The van der Waals surface area contributed by atoms with Crippen molar-refractivity contribution in [3.63, 3.8) is 0 Å². The molecule has 1 aliphatic rings. The number of carbonyl (C=O) groups is 1. The number of hydrogen-bond acceptors (Lipinski definition) is 4. The van der Waals surface area contributed by atoms with Gasteiger partial charge in [0.2, 0.25) is 15.9 Å². The number of hydrogen-bond donors (Lipinski definition) is 1. The van der Waals surface area contributed by atoms with Crippen molar-refractivity contribution in [3.8, 4) is 0 Å². The minimum absolute atomic E-state index is 0.146. The van der Waals surface area contributed by atoms with E-state index in [1.807, 2.05) is 12.1 Å². The Morgan fingerprint density at radius 2 is 1.76 bits per heavy atom. The van der Waals surface area contributed by atoms with Gasteiger partial charge in [0.25, 0.3) is 0 Å². The highest BCUT2D eigenvalue weighted by molar-refractivity contribution is 7.92. The van der Waals surface area contributed by atoms with E-state index in [1.165, 1.54) is 37.0 Å². The second kappa shape index (κ2) is 11.3. The van der Waals surface area contributed by atoms with Crippen LogP contribution in [0.5, 0.6) is 0 Å². The summed E-state index contributed by atoms with van der Waals surface area (Å²) in [4.78, 5) is 15.4. The number of anilines is 1. The molecule has 33 heavy (non-hydrogen) atoms. The molecule has 3 rings (SSSR count). The first kappa shape index (κ1) is 25.5. The van der Waals surface area contributed by atoms with Crippen molar-refractivity contribution in [3.05, 3.63) is 64.4 Å². The summed E-state index contributed by atoms with van der Waals surface area (Å²) >= 11 is 5.85. The largest absolute Gasteiger partial charge is 0.350 e. The van der Waals surface area contributed by atoms with Crippen LogP contribution in [0.1, 0.15) is 43.7 Å². The molecule has 180 valence electrons. The first-order valence-electron chi connectivity index (χ1n) is 11.2. The van der Waals surface area contributed by atoms with Gasteiger partial charge < -0.3 is 5.32 Å². The van der Waals surface area contributed by atoms with Crippen molar-refractivity contribution < 1.29 is 17.6 Å². The predicted molar refractivity (Wildman–Crippen MR) is 130 cm³/mol. The molecule has 1 fully saturated rings. The third-order valence-corrected chi connectivity index (χ3v) is 7.30. The number of sulfonamides is 1. The maximum Gasteiger partial charge on any atom is 0.244 e. The molecule has 0 spiro atoms. The van der Waals surface area contributed by atoms with Gasteiger partial charge in [0, 0.05) is 13.1 Å². The number of nitrogens with one attached hydrogen (secondary N) is 1. The van der Waals surface area contributed by atoms with Gasteiger partial charge in [-0.25, -0.2) is 12.8 Å². The lowest BCUT2D eigenvalue weighted by atomic mass is 10.1.